The van der Waals surface area contributed by atoms with Crippen LogP contribution >= 0.6 is 11.8 Å². The highest BCUT2D eigenvalue weighted by Gasteiger charge is 2.46. The number of rotatable bonds is 4. The topological polar surface area (TPSA) is 108 Å². The van der Waals surface area contributed by atoms with E-state index in [2.05, 4.69) is 15.0 Å². The number of nitrogens with zero attached hydrogens (tertiary/aromatic N) is 3. The van der Waals surface area contributed by atoms with E-state index in [-0.39, 0.29) is 11.5 Å². The quantitative estimate of drug-likeness (QED) is 0.632. The molecular formula is C20H19N5O2S. The third-order valence-electron chi connectivity index (χ3n) is 4.56. The van der Waals surface area contributed by atoms with Gasteiger partial charge < -0.3 is 15.8 Å². The van der Waals surface area contributed by atoms with Crippen molar-refractivity contribution < 1.29 is 9.90 Å². The van der Waals surface area contributed by atoms with Crippen molar-refractivity contribution in [3.05, 3.63) is 77.7 Å². The summed E-state index contributed by atoms with van der Waals surface area (Å²) in [6.07, 6.45) is 1.37. The molecule has 0 bridgehead atoms. The number of hydrogen-bond donors (Lipinski definition) is 3. The third kappa shape index (κ3) is 3.17. The van der Waals surface area contributed by atoms with Gasteiger partial charge in [-0.05, 0) is 19.1 Å². The Morgan fingerprint density at radius 2 is 1.96 bits per heavy atom. The number of anilines is 1. The van der Waals surface area contributed by atoms with Crippen molar-refractivity contribution in [1.29, 1.82) is 0 Å². The van der Waals surface area contributed by atoms with E-state index in [1.807, 2.05) is 61.5 Å². The molecule has 28 heavy (non-hydrogen) atoms. The second kappa shape index (κ2) is 7.14. The molecule has 142 valence electrons. The fourth-order valence-electron chi connectivity index (χ4n) is 3.11. The Morgan fingerprint density at radius 3 is 2.64 bits per heavy atom. The number of carbonyl (C=O) groups is 1. The molecule has 2 aromatic carbocycles. The zero-order valence-corrected chi connectivity index (χ0v) is 16.0. The first-order valence-corrected chi connectivity index (χ1v) is 9.67. The van der Waals surface area contributed by atoms with Gasteiger partial charge in [-0.2, -0.15) is 0 Å². The molecule has 2 heterocycles. The van der Waals surface area contributed by atoms with Crippen LogP contribution in [0.15, 0.2) is 65.9 Å². The highest BCUT2D eigenvalue weighted by Crippen LogP contribution is 2.43. The molecule has 7 nitrogen and oxygen atoms in total. The van der Waals surface area contributed by atoms with E-state index in [0.29, 0.717) is 10.9 Å². The minimum absolute atomic E-state index is 0.131. The van der Waals surface area contributed by atoms with Crippen LogP contribution in [0, 0.1) is 6.92 Å². The number of nitrogens with two attached hydrogens (primary N) is 1. The van der Waals surface area contributed by atoms with E-state index in [9.17, 15) is 9.90 Å². The number of aromatic amines is 1. The number of amides is 1. The number of aliphatic imine (C=N–C) groups is 1. The lowest BCUT2D eigenvalue weighted by atomic mass is 10.0. The number of aromatic nitrogens is 2. The van der Waals surface area contributed by atoms with Gasteiger partial charge in [0.15, 0.2) is 22.4 Å². The molecule has 1 aromatic heterocycles. The highest BCUT2D eigenvalue weighted by atomic mass is 32.2. The molecule has 0 saturated carbocycles. The maximum Gasteiger partial charge on any atom is 0.269 e. The molecule has 1 atom stereocenters. The predicted octanol–water partition coefficient (Wildman–Crippen LogP) is 2.90. The number of nitrogens with one attached hydrogen (secondary N) is 1. The van der Waals surface area contributed by atoms with Crippen LogP contribution in [0.1, 0.15) is 21.6 Å². The van der Waals surface area contributed by atoms with Crippen molar-refractivity contribution in [2.75, 3.05) is 10.7 Å². The van der Waals surface area contributed by atoms with Crippen molar-refractivity contribution in [2.24, 2.45) is 10.7 Å². The molecule has 0 unspecified atom stereocenters. The Hall–Kier alpha value is -3.10. The number of thioether (sulfide) groups is 1. The maximum atomic E-state index is 11.6. The van der Waals surface area contributed by atoms with E-state index >= 15 is 0 Å². The number of para-hydroxylation sites is 1. The van der Waals surface area contributed by atoms with Crippen molar-refractivity contribution in [1.82, 2.24) is 9.97 Å². The zero-order chi connectivity index (χ0) is 19.7. The highest BCUT2D eigenvalue weighted by molar-refractivity contribution is 8.14. The fourth-order valence-corrected chi connectivity index (χ4v) is 4.28. The standard InChI is InChI=1S/C20H19N5O2S/c1-13-7-9-14(10-8-13)20(27)11-28-19(25(20)15-5-3-2-4-6-15)24-18-16(17(21)26)22-12-23-18/h2-10,12,27H,11H2,1H3,(H2,21,26)(H,22,23)/t20-/m0/s1. The smallest absolute Gasteiger partial charge is 0.269 e. The lowest BCUT2D eigenvalue weighted by Crippen LogP contribution is -2.45. The van der Waals surface area contributed by atoms with Gasteiger partial charge in [-0.3, -0.25) is 9.69 Å². The SMILES string of the molecule is Cc1ccc([C@@]2(O)CSC(=Nc3nc[nH]c3C(N)=O)N2c2ccccc2)cc1. The molecule has 1 aliphatic heterocycles. The largest absolute Gasteiger partial charge is 0.366 e. The molecule has 1 saturated heterocycles. The van der Waals surface area contributed by atoms with Crippen LogP contribution in [0.5, 0.6) is 0 Å². The van der Waals surface area contributed by atoms with Crippen molar-refractivity contribution >= 4 is 34.3 Å². The summed E-state index contributed by atoms with van der Waals surface area (Å²) in [7, 11) is 0. The summed E-state index contributed by atoms with van der Waals surface area (Å²) >= 11 is 1.39. The molecular weight excluding hydrogens is 374 g/mol. The van der Waals surface area contributed by atoms with E-state index in [4.69, 9.17) is 5.73 Å². The van der Waals surface area contributed by atoms with E-state index < -0.39 is 11.6 Å². The maximum absolute atomic E-state index is 11.6. The average Bonchev–Trinajstić information content (AvgIpc) is 3.28. The Bertz CT molecular complexity index is 1030. The number of amidine groups is 1. The summed E-state index contributed by atoms with van der Waals surface area (Å²) in [5.74, 6) is -0.0656. The number of hydrogen-bond acceptors (Lipinski definition) is 5. The van der Waals surface area contributed by atoms with Gasteiger partial charge in [0.2, 0.25) is 0 Å². The second-order valence-electron chi connectivity index (χ2n) is 6.50. The average molecular weight is 393 g/mol. The van der Waals surface area contributed by atoms with Gasteiger partial charge in [-0.1, -0.05) is 59.8 Å². The van der Waals surface area contributed by atoms with Gasteiger partial charge in [-0.25, -0.2) is 9.98 Å². The first kappa shape index (κ1) is 18.3. The van der Waals surface area contributed by atoms with Crippen LogP contribution < -0.4 is 10.6 Å². The van der Waals surface area contributed by atoms with Gasteiger partial charge in [0.25, 0.3) is 5.91 Å². The molecule has 0 radical (unpaired) electrons. The van der Waals surface area contributed by atoms with Crippen molar-refractivity contribution in [2.45, 2.75) is 12.6 Å². The van der Waals surface area contributed by atoms with Gasteiger partial charge in [-0.15, -0.1) is 0 Å². The minimum atomic E-state index is -1.29. The zero-order valence-electron chi connectivity index (χ0n) is 15.2. The predicted molar refractivity (Wildman–Crippen MR) is 111 cm³/mol. The number of aryl methyl sites for hydroxylation is 1. The molecule has 4 rings (SSSR count). The molecule has 0 spiro atoms. The lowest BCUT2D eigenvalue weighted by molar-refractivity contribution is 0.0768. The van der Waals surface area contributed by atoms with Crippen LogP contribution in [0.25, 0.3) is 0 Å². The third-order valence-corrected chi connectivity index (χ3v) is 5.64. The Labute approximate surface area is 166 Å². The minimum Gasteiger partial charge on any atom is -0.366 e. The normalized spacial score (nSPS) is 20.6. The monoisotopic (exact) mass is 393 g/mol. The number of carbonyl (C=O) groups excluding carboxylic acids is 1. The molecule has 1 aliphatic rings. The Balaban J connectivity index is 1.84. The molecule has 1 amide bonds. The van der Waals surface area contributed by atoms with Crippen molar-refractivity contribution in [3.63, 3.8) is 0 Å². The Kier molecular flexibility index (Phi) is 4.66. The number of aliphatic hydroxyl groups is 1. The summed E-state index contributed by atoms with van der Waals surface area (Å²) in [4.78, 5) is 24.7. The van der Waals surface area contributed by atoms with Crippen LogP contribution in [0.2, 0.25) is 0 Å². The molecule has 1 fully saturated rings. The van der Waals surface area contributed by atoms with Crippen LogP contribution in [-0.2, 0) is 5.72 Å². The second-order valence-corrected chi connectivity index (χ2v) is 7.44. The molecule has 0 aliphatic carbocycles. The van der Waals surface area contributed by atoms with Gasteiger partial charge in [0.05, 0.1) is 12.1 Å². The number of H-pyrrole nitrogens is 1. The lowest BCUT2D eigenvalue weighted by Gasteiger charge is -2.34. The summed E-state index contributed by atoms with van der Waals surface area (Å²) in [5, 5.41) is 12.2. The van der Waals surface area contributed by atoms with Crippen molar-refractivity contribution in [3.8, 4) is 0 Å². The summed E-state index contributed by atoms with van der Waals surface area (Å²) in [5.41, 5.74) is 6.89. The van der Waals surface area contributed by atoms with Crippen LogP contribution in [-0.4, -0.2) is 31.9 Å². The van der Waals surface area contributed by atoms with Crippen LogP contribution in [0.3, 0.4) is 0 Å². The first-order chi connectivity index (χ1) is 13.5. The summed E-state index contributed by atoms with van der Waals surface area (Å²) in [6, 6.07) is 17.3. The summed E-state index contributed by atoms with van der Waals surface area (Å²) < 4.78 is 0. The molecule has 3 aromatic rings. The van der Waals surface area contributed by atoms with Gasteiger partial charge in [0.1, 0.15) is 0 Å². The van der Waals surface area contributed by atoms with Crippen LogP contribution in [0.4, 0.5) is 11.5 Å². The number of imidazole rings is 1. The van der Waals surface area contributed by atoms with E-state index in [1.165, 1.54) is 18.1 Å². The van der Waals surface area contributed by atoms with Gasteiger partial charge in [0, 0.05) is 11.3 Å². The van der Waals surface area contributed by atoms with E-state index in [1.54, 1.807) is 4.90 Å². The number of primary amides is 1. The fraction of sp³-hybridized carbons (Fsp3) is 0.150. The molecule has 4 N–H and O–H groups in total. The first-order valence-electron chi connectivity index (χ1n) is 8.68. The molecule has 8 heteroatoms. The van der Waals surface area contributed by atoms with Gasteiger partial charge >= 0.3 is 0 Å². The number of benzene rings is 2. The Morgan fingerprint density at radius 1 is 1.25 bits per heavy atom. The van der Waals surface area contributed by atoms with E-state index in [0.717, 1.165) is 16.8 Å². The summed E-state index contributed by atoms with van der Waals surface area (Å²) in [6.45, 7) is 2.00.